The van der Waals surface area contributed by atoms with Crippen LogP contribution in [0.5, 0.6) is 0 Å². The molecule has 1 atom stereocenters. The molecule has 1 heterocycles. The van der Waals surface area contributed by atoms with Gasteiger partial charge < -0.3 is 15.6 Å². The lowest BCUT2D eigenvalue weighted by atomic mass is 10.1. The fourth-order valence-corrected chi connectivity index (χ4v) is 1.95. The molecule has 1 aromatic heterocycles. The van der Waals surface area contributed by atoms with Gasteiger partial charge in [0.1, 0.15) is 0 Å². The molecule has 0 aliphatic carbocycles. The maximum absolute atomic E-state index is 11.9. The normalized spacial score (nSPS) is 12.1. The monoisotopic (exact) mass is 257 g/mol. The summed E-state index contributed by atoms with van der Waals surface area (Å²) in [6.07, 6.45) is 4.48. The van der Waals surface area contributed by atoms with E-state index < -0.39 is 6.04 Å². The van der Waals surface area contributed by atoms with Gasteiger partial charge in [0.15, 0.2) is 0 Å². The molecule has 4 heteroatoms. The Hall–Kier alpha value is -2.07. The number of nitrogens with one attached hydrogen (secondary N) is 1. The molecule has 100 valence electrons. The van der Waals surface area contributed by atoms with Crippen molar-refractivity contribution < 1.29 is 4.79 Å². The van der Waals surface area contributed by atoms with Gasteiger partial charge in [-0.3, -0.25) is 4.79 Å². The highest BCUT2D eigenvalue weighted by Gasteiger charge is 2.13. The maximum Gasteiger partial charge on any atom is 0.237 e. The average molecular weight is 257 g/mol. The molecule has 1 aromatic carbocycles. The molecule has 2 aromatic rings. The molecule has 19 heavy (non-hydrogen) atoms. The van der Waals surface area contributed by atoms with E-state index in [2.05, 4.69) is 5.32 Å². The molecule has 0 aliphatic heterocycles. The highest BCUT2D eigenvalue weighted by molar-refractivity contribution is 5.81. The Morgan fingerprint density at radius 2 is 2.00 bits per heavy atom. The lowest BCUT2D eigenvalue weighted by Gasteiger charge is -2.11. The van der Waals surface area contributed by atoms with E-state index in [0.29, 0.717) is 13.0 Å². The van der Waals surface area contributed by atoms with E-state index >= 15 is 0 Å². The Morgan fingerprint density at radius 1 is 1.26 bits per heavy atom. The second kappa shape index (κ2) is 6.20. The van der Waals surface area contributed by atoms with Crippen molar-refractivity contribution in [3.05, 3.63) is 59.9 Å². The van der Waals surface area contributed by atoms with Crippen LogP contribution in [0.1, 0.15) is 11.1 Å². The van der Waals surface area contributed by atoms with Gasteiger partial charge in [-0.1, -0.05) is 30.3 Å². The van der Waals surface area contributed by atoms with Gasteiger partial charge in [-0.2, -0.15) is 0 Å². The molecule has 0 fully saturated rings. The van der Waals surface area contributed by atoms with Gasteiger partial charge in [0, 0.05) is 26.0 Å². The summed E-state index contributed by atoms with van der Waals surface area (Å²) in [4.78, 5) is 11.9. The fourth-order valence-electron chi connectivity index (χ4n) is 1.95. The van der Waals surface area contributed by atoms with Crippen LogP contribution in [0.15, 0.2) is 48.8 Å². The van der Waals surface area contributed by atoms with E-state index in [0.717, 1.165) is 11.1 Å². The summed E-state index contributed by atoms with van der Waals surface area (Å²) in [5, 5.41) is 2.86. The number of nitrogens with two attached hydrogens (primary N) is 1. The number of aromatic nitrogens is 1. The minimum atomic E-state index is -0.508. The summed E-state index contributed by atoms with van der Waals surface area (Å²) in [5.74, 6) is -0.118. The highest BCUT2D eigenvalue weighted by Crippen LogP contribution is 2.03. The van der Waals surface area contributed by atoms with E-state index in [4.69, 9.17) is 5.73 Å². The van der Waals surface area contributed by atoms with Gasteiger partial charge in [-0.25, -0.2) is 0 Å². The van der Waals surface area contributed by atoms with E-state index in [9.17, 15) is 4.79 Å². The number of amides is 1. The first-order valence-electron chi connectivity index (χ1n) is 6.33. The second-order valence-corrected chi connectivity index (χ2v) is 4.70. The van der Waals surface area contributed by atoms with E-state index in [1.165, 1.54) is 0 Å². The van der Waals surface area contributed by atoms with Crippen molar-refractivity contribution in [1.82, 2.24) is 9.88 Å². The van der Waals surface area contributed by atoms with Crippen molar-refractivity contribution in [3.8, 4) is 0 Å². The molecule has 3 N–H and O–H groups in total. The van der Waals surface area contributed by atoms with Crippen LogP contribution >= 0.6 is 0 Å². The summed E-state index contributed by atoms with van der Waals surface area (Å²) < 4.78 is 1.95. The zero-order valence-electron chi connectivity index (χ0n) is 11.0. The van der Waals surface area contributed by atoms with Crippen molar-refractivity contribution in [2.24, 2.45) is 12.8 Å². The van der Waals surface area contributed by atoms with Crippen molar-refractivity contribution in [2.45, 2.75) is 19.0 Å². The first-order valence-corrected chi connectivity index (χ1v) is 6.33. The van der Waals surface area contributed by atoms with Crippen LogP contribution in [0.25, 0.3) is 0 Å². The van der Waals surface area contributed by atoms with Crippen LogP contribution in [0, 0.1) is 0 Å². The topological polar surface area (TPSA) is 60.0 Å². The van der Waals surface area contributed by atoms with Crippen LogP contribution in [-0.4, -0.2) is 16.5 Å². The van der Waals surface area contributed by atoms with Crippen LogP contribution in [0.2, 0.25) is 0 Å². The largest absolute Gasteiger partial charge is 0.357 e. The zero-order valence-corrected chi connectivity index (χ0v) is 11.0. The SMILES string of the molecule is Cn1ccc(CNC(=O)[C@@H](N)Cc2ccccc2)c1. The van der Waals surface area contributed by atoms with Crippen molar-refractivity contribution in [2.75, 3.05) is 0 Å². The molecule has 0 bridgehead atoms. The minimum absolute atomic E-state index is 0.118. The number of hydrogen-bond donors (Lipinski definition) is 2. The van der Waals surface area contributed by atoms with Crippen LogP contribution in [0.4, 0.5) is 0 Å². The number of rotatable bonds is 5. The van der Waals surface area contributed by atoms with Crippen molar-refractivity contribution in [3.63, 3.8) is 0 Å². The molecule has 0 radical (unpaired) electrons. The Labute approximate surface area is 113 Å². The molecular formula is C15H19N3O. The zero-order chi connectivity index (χ0) is 13.7. The maximum atomic E-state index is 11.9. The predicted molar refractivity (Wildman–Crippen MR) is 75.4 cm³/mol. The first-order chi connectivity index (χ1) is 9.15. The summed E-state index contributed by atoms with van der Waals surface area (Å²) in [7, 11) is 1.95. The molecule has 0 spiro atoms. The molecule has 0 aliphatic rings. The van der Waals surface area contributed by atoms with E-state index in [1.807, 2.05) is 60.4 Å². The van der Waals surface area contributed by atoms with Gasteiger partial charge >= 0.3 is 0 Å². The smallest absolute Gasteiger partial charge is 0.237 e. The highest BCUT2D eigenvalue weighted by atomic mass is 16.2. The summed E-state index contributed by atoms with van der Waals surface area (Å²) in [6, 6.07) is 11.3. The Balaban J connectivity index is 1.82. The Morgan fingerprint density at radius 3 is 2.63 bits per heavy atom. The second-order valence-electron chi connectivity index (χ2n) is 4.70. The van der Waals surface area contributed by atoms with Gasteiger partial charge in [0.05, 0.1) is 6.04 Å². The molecule has 0 saturated carbocycles. The van der Waals surface area contributed by atoms with Crippen molar-refractivity contribution >= 4 is 5.91 Å². The minimum Gasteiger partial charge on any atom is -0.357 e. The number of carbonyl (C=O) groups excluding carboxylic acids is 1. The third-order valence-electron chi connectivity index (χ3n) is 3.00. The number of carbonyl (C=O) groups is 1. The molecule has 0 saturated heterocycles. The van der Waals surface area contributed by atoms with Gasteiger partial charge in [0.2, 0.25) is 5.91 Å². The van der Waals surface area contributed by atoms with Crippen LogP contribution in [-0.2, 0) is 24.8 Å². The third-order valence-corrected chi connectivity index (χ3v) is 3.00. The molecule has 0 unspecified atom stereocenters. The lowest BCUT2D eigenvalue weighted by molar-refractivity contribution is -0.122. The molecule has 1 amide bonds. The van der Waals surface area contributed by atoms with E-state index in [-0.39, 0.29) is 5.91 Å². The number of aryl methyl sites for hydroxylation is 1. The Bertz CT molecular complexity index is 533. The third kappa shape index (κ3) is 3.96. The molecule has 4 nitrogen and oxygen atoms in total. The molecule has 2 rings (SSSR count). The van der Waals surface area contributed by atoms with Crippen molar-refractivity contribution in [1.29, 1.82) is 0 Å². The van der Waals surface area contributed by atoms with E-state index in [1.54, 1.807) is 0 Å². The van der Waals surface area contributed by atoms with Gasteiger partial charge in [-0.15, -0.1) is 0 Å². The fraction of sp³-hybridized carbons (Fsp3) is 0.267. The first kappa shape index (κ1) is 13.4. The number of nitrogens with zero attached hydrogens (tertiary/aromatic N) is 1. The van der Waals surface area contributed by atoms with Crippen LogP contribution < -0.4 is 11.1 Å². The molecular weight excluding hydrogens is 238 g/mol. The predicted octanol–water partition coefficient (Wildman–Crippen LogP) is 1.21. The summed E-state index contributed by atoms with van der Waals surface area (Å²) in [6.45, 7) is 0.516. The average Bonchev–Trinajstić information content (AvgIpc) is 2.83. The van der Waals surface area contributed by atoms with Gasteiger partial charge in [0.25, 0.3) is 0 Å². The quantitative estimate of drug-likeness (QED) is 0.846. The van der Waals surface area contributed by atoms with Crippen LogP contribution in [0.3, 0.4) is 0 Å². The standard InChI is InChI=1S/C15H19N3O/c1-18-8-7-13(11-18)10-17-15(19)14(16)9-12-5-3-2-4-6-12/h2-8,11,14H,9-10,16H2,1H3,(H,17,19)/t14-/m0/s1. The Kier molecular flexibility index (Phi) is 4.36. The summed E-state index contributed by atoms with van der Waals surface area (Å²) >= 11 is 0. The summed E-state index contributed by atoms with van der Waals surface area (Å²) in [5.41, 5.74) is 8.05. The lowest BCUT2D eigenvalue weighted by Crippen LogP contribution is -2.41. The number of hydrogen-bond acceptors (Lipinski definition) is 2. The number of benzene rings is 1. The van der Waals surface area contributed by atoms with Gasteiger partial charge in [-0.05, 0) is 23.6 Å².